The Hall–Kier alpha value is -2.67. The number of para-hydroxylation sites is 1. The second kappa shape index (κ2) is 9.00. The molecule has 1 amide bonds. The molecule has 1 fully saturated rings. The Morgan fingerprint density at radius 2 is 2.13 bits per heavy atom. The van der Waals surface area contributed by atoms with Crippen molar-refractivity contribution in [2.24, 2.45) is 0 Å². The number of fused-ring (bicyclic) bond motifs is 1. The first-order chi connectivity index (χ1) is 14.6. The van der Waals surface area contributed by atoms with E-state index in [1.807, 2.05) is 30.0 Å². The number of H-pyrrole nitrogens is 1. The van der Waals surface area contributed by atoms with Gasteiger partial charge in [0.25, 0.3) is 5.56 Å². The van der Waals surface area contributed by atoms with E-state index in [1.54, 1.807) is 7.11 Å². The highest BCUT2D eigenvalue weighted by Gasteiger charge is 2.30. The predicted molar refractivity (Wildman–Crippen MR) is 115 cm³/mol. The van der Waals surface area contributed by atoms with Gasteiger partial charge in [-0.3, -0.25) is 14.5 Å². The summed E-state index contributed by atoms with van der Waals surface area (Å²) in [5, 5.41) is 0. The van der Waals surface area contributed by atoms with E-state index in [1.165, 1.54) is 0 Å². The Morgan fingerprint density at radius 3 is 2.93 bits per heavy atom. The van der Waals surface area contributed by atoms with Crippen LogP contribution in [0.3, 0.4) is 0 Å². The highest BCUT2D eigenvalue weighted by molar-refractivity contribution is 5.76. The third-order valence-electron chi connectivity index (χ3n) is 6.15. The lowest BCUT2D eigenvalue weighted by atomic mass is 10.0. The van der Waals surface area contributed by atoms with Crippen molar-refractivity contribution in [3.05, 3.63) is 57.3 Å². The van der Waals surface area contributed by atoms with Crippen molar-refractivity contribution in [2.45, 2.75) is 51.6 Å². The van der Waals surface area contributed by atoms with Gasteiger partial charge in [-0.25, -0.2) is 4.98 Å². The van der Waals surface area contributed by atoms with Crippen molar-refractivity contribution in [1.29, 1.82) is 0 Å². The number of amides is 1. The van der Waals surface area contributed by atoms with Crippen molar-refractivity contribution in [2.75, 3.05) is 26.7 Å². The molecular weight excluding hydrogens is 380 g/mol. The summed E-state index contributed by atoms with van der Waals surface area (Å²) in [5.41, 5.74) is 2.78. The fourth-order valence-corrected chi connectivity index (χ4v) is 4.50. The maximum absolute atomic E-state index is 12.7. The number of rotatable bonds is 6. The van der Waals surface area contributed by atoms with Gasteiger partial charge in [0.1, 0.15) is 11.6 Å². The molecule has 1 saturated heterocycles. The van der Waals surface area contributed by atoms with Gasteiger partial charge in [-0.2, -0.15) is 0 Å². The molecular formula is C23H30N4O3. The number of aromatic amines is 1. The van der Waals surface area contributed by atoms with Crippen molar-refractivity contribution < 1.29 is 9.53 Å². The average Bonchev–Trinajstić information content (AvgIpc) is 3.24. The third kappa shape index (κ3) is 4.26. The van der Waals surface area contributed by atoms with E-state index < -0.39 is 0 Å². The molecule has 0 bridgehead atoms. The quantitative estimate of drug-likeness (QED) is 0.791. The number of carbonyl (C=O) groups is 1. The normalized spacial score (nSPS) is 19.0. The number of hydrogen-bond donors (Lipinski definition) is 1. The summed E-state index contributed by atoms with van der Waals surface area (Å²) in [6.07, 6.45) is 2.98. The molecule has 1 N–H and O–H groups in total. The summed E-state index contributed by atoms with van der Waals surface area (Å²) < 4.78 is 5.48. The van der Waals surface area contributed by atoms with Crippen LogP contribution in [0, 0.1) is 0 Å². The van der Waals surface area contributed by atoms with Gasteiger partial charge in [0.05, 0.1) is 12.8 Å². The fraction of sp³-hybridized carbons (Fsp3) is 0.522. The second-order valence-electron chi connectivity index (χ2n) is 8.22. The smallest absolute Gasteiger partial charge is 0.254 e. The molecule has 3 heterocycles. The molecule has 0 saturated carbocycles. The average molecular weight is 411 g/mol. The van der Waals surface area contributed by atoms with Crippen LogP contribution in [0.25, 0.3) is 0 Å². The Kier molecular flexibility index (Phi) is 6.18. The number of carbonyl (C=O) groups excluding carboxylic acids is 1. The standard InChI is InChI=1S/C23H30N4O3/c1-3-6-21(28)27-12-9-17(14-27)22-24-19-15-26(11-10-18(19)23(29)25-22)13-16-7-4-5-8-20(16)30-2/h4-5,7-8,17H,3,6,9-15H2,1-2H3,(H,24,25,29)/t17-/m1/s1. The van der Waals surface area contributed by atoms with Crippen LogP contribution in [0.5, 0.6) is 5.75 Å². The summed E-state index contributed by atoms with van der Waals surface area (Å²) >= 11 is 0. The number of aromatic nitrogens is 2. The first-order valence-electron chi connectivity index (χ1n) is 10.8. The van der Waals surface area contributed by atoms with E-state index in [9.17, 15) is 9.59 Å². The monoisotopic (exact) mass is 410 g/mol. The van der Waals surface area contributed by atoms with E-state index >= 15 is 0 Å². The number of ether oxygens (including phenoxy) is 1. The maximum Gasteiger partial charge on any atom is 0.254 e. The zero-order valence-corrected chi connectivity index (χ0v) is 17.8. The van der Waals surface area contributed by atoms with Crippen LogP contribution in [-0.4, -0.2) is 52.4 Å². The highest BCUT2D eigenvalue weighted by Crippen LogP contribution is 2.27. The molecule has 1 atom stereocenters. The number of benzene rings is 1. The Labute approximate surface area is 177 Å². The lowest BCUT2D eigenvalue weighted by Gasteiger charge is -2.28. The summed E-state index contributed by atoms with van der Waals surface area (Å²) in [4.78, 5) is 37.0. The van der Waals surface area contributed by atoms with Gasteiger partial charge >= 0.3 is 0 Å². The number of nitrogens with one attached hydrogen (secondary N) is 1. The molecule has 7 heteroatoms. The lowest BCUT2D eigenvalue weighted by Crippen LogP contribution is -2.36. The van der Waals surface area contributed by atoms with Gasteiger partial charge in [0, 0.05) is 56.2 Å². The topological polar surface area (TPSA) is 78.5 Å². The molecule has 1 aromatic heterocycles. The Bertz CT molecular complexity index is 971. The zero-order valence-electron chi connectivity index (χ0n) is 17.8. The SMILES string of the molecule is CCCC(=O)N1CC[C@@H](c2nc3c(c(=O)[nH]2)CCN(Cc2ccccc2OC)C3)C1. The molecule has 0 unspecified atom stereocenters. The van der Waals surface area contributed by atoms with E-state index in [4.69, 9.17) is 9.72 Å². The highest BCUT2D eigenvalue weighted by atomic mass is 16.5. The molecule has 0 spiro atoms. The van der Waals surface area contributed by atoms with Crippen LogP contribution in [0.15, 0.2) is 29.1 Å². The van der Waals surface area contributed by atoms with E-state index in [2.05, 4.69) is 16.0 Å². The first kappa shape index (κ1) is 20.6. The van der Waals surface area contributed by atoms with E-state index in [-0.39, 0.29) is 17.4 Å². The summed E-state index contributed by atoms with van der Waals surface area (Å²) in [7, 11) is 1.69. The van der Waals surface area contributed by atoms with Crippen molar-refractivity contribution in [3.8, 4) is 5.75 Å². The minimum absolute atomic E-state index is 0.0229. The van der Waals surface area contributed by atoms with Gasteiger partial charge in [0.2, 0.25) is 5.91 Å². The van der Waals surface area contributed by atoms with Crippen LogP contribution >= 0.6 is 0 Å². The molecule has 2 aliphatic heterocycles. The Balaban J connectivity index is 1.50. The van der Waals surface area contributed by atoms with Crippen LogP contribution in [0.2, 0.25) is 0 Å². The van der Waals surface area contributed by atoms with Gasteiger partial charge in [-0.15, -0.1) is 0 Å². The minimum Gasteiger partial charge on any atom is -0.496 e. The molecule has 160 valence electrons. The van der Waals surface area contributed by atoms with Crippen LogP contribution in [0.4, 0.5) is 0 Å². The summed E-state index contributed by atoms with van der Waals surface area (Å²) in [5.74, 6) is 1.91. The van der Waals surface area contributed by atoms with Gasteiger partial charge < -0.3 is 14.6 Å². The molecule has 7 nitrogen and oxygen atoms in total. The second-order valence-corrected chi connectivity index (χ2v) is 8.22. The molecule has 0 radical (unpaired) electrons. The maximum atomic E-state index is 12.7. The van der Waals surface area contributed by atoms with Crippen LogP contribution in [-0.2, 0) is 24.3 Å². The number of nitrogens with zero attached hydrogens (tertiary/aromatic N) is 3. The van der Waals surface area contributed by atoms with E-state index in [0.717, 1.165) is 60.9 Å². The molecule has 2 aromatic rings. The first-order valence-corrected chi connectivity index (χ1v) is 10.8. The molecule has 2 aliphatic rings. The largest absolute Gasteiger partial charge is 0.496 e. The number of methoxy groups -OCH3 is 1. The van der Waals surface area contributed by atoms with Crippen molar-refractivity contribution in [3.63, 3.8) is 0 Å². The summed E-state index contributed by atoms with van der Waals surface area (Å²) in [6, 6.07) is 8.03. The Morgan fingerprint density at radius 1 is 1.30 bits per heavy atom. The summed E-state index contributed by atoms with van der Waals surface area (Å²) in [6.45, 7) is 5.63. The van der Waals surface area contributed by atoms with E-state index in [0.29, 0.717) is 25.9 Å². The molecule has 30 heavy (non-hydrogen) atoms. The van der Waals surface area contributed by atoms with Crippen molar-refractivity contribution in [1.82, 2.24) is 19.8 Å². The van der Waals surface area contributed by atoms with Crippen LogP contribution in [0.1, 0.15) is 54.7 Å². The minimum atomic E-state index is -0.0229. The van der Waals surface area contributed by atoms with Crippen molar-refractivity contribution >= 4 is 5.91 Å². The lowest BCUT2D eigenvalue weighted by molar-refractivity contribution is -0.130. The van der Waals surface area contributed by atoms with Gasteiger partial charge in [-0.1, -0.05) is 25.1 Å². The molecule has 4 rings (SSSR count). The van der Waals surface area contributed by atoms with Gasteiger partial charge in [0.15, 0.2) is 0 Å². The van der Waals surface area contributed by atoms with Crippen LogP contribution < -0.4 is 10.3 Å². The fourth-order valence-electron chi connectivity index (χ4n) is 4.50. The van der Waals surface area contributed by atoms with Gasteiger partial charge in [-0.05, 0) is 25.3 Å². The number of likely N-dealkylation sites (tertiary alicyclic amines) is 1. The molecule has 1 aromatic carbocycles. The predicted octanol–water partition coefficient (Wildman–Crippen LogP) is 2.45. The number of hydrogen-bond acceptors (Lipinski definition) is 5. The zero-order chi connectivity index (χ0) is 21.1. The third-order valence-corrected chi connectivity index (χ3v) is 6.15. The molecule has 0 aliphatic carbocycles.